The lowest BCUT2D eigenvalue weighted by Gasteiger charge is -2.30. The number of carboxylic acid groups (broad SMARTS) is 1. The summed E-state index contributed by atoms with van der Waals surface area (Å²) in [5, 5.41) is 16.6. The lowest BCUT2D eigenvalue weighted by Crippen LogP contribution is -2.48. The van der Waals surface area contributed by atoms with Gasteiger partial charge in [-0.3, -0.25) is 9.89 Å². The highest BCUT2D eigenvalue weighted by Gasteiger charge is 2.29. The minimum Gasteiger partial charge on any atom is -0.479 e. The van der Waals surface area contributed by atoms with Gasteiger partial charge in [-0.1, -0.05) is 6.07 Å². The van der Waals surface area contributed by atoms with E-state index in [0.29, 0.717) is 12.1 Å². The van der Waals surface area contributed by atoms with Crippen molar-refractivity contribution in [2.75, 3.05) is 19.7 Å². The smallest absolute Gasteiger partial charge is 0.334 e. The predicted octanol–water partition coefficient (Wildman–Crippen LogP) is 0.488. The number of carboxylic acids is 1. The summed E-state index contributed by atoms with van der Waals surface area (Å²) in [6.07, 6.45) is 0.724. The summed E-state index contributed by atoms with van der Waals surface area (Å²) in [5.74, 6) is -1.25. The monoisotopic (exact) mass is 275 g/mol. The molecule has 1 aromatic heterocycles. The first kappa shape index (κ1) is 12.6. The van der Waals surface area contributed by atoms with Crippen LogP contribution in [-0.2, 0) is 9.53 Å². The van der Waals surface area contributed by atoms with Gasteiger partial charge in [0.15, 0.2) is 6.10 Å². The highest BCUT2D eigenvalue weighted by atomic mass is 16.5. The summed E-state index contributed by atoms with van der Waals surface area (Å²) >= 11 is 0. The summed E-state index contributed by atoms with van der Waals surface area (Å²) in [5.41, 5.74) is 1.28. The van der Waals surface area contributed by atoms with E-state index in [1.165, 1.54) is 4.90 Å². The minimum absolute atomic E-state index is 0.0647. The van der Waals surface area contributed by atoms with E-state index < -0.39 is 12.1 Å². The molecule has 104 valence electrons. The molecule has 0 spiro atoms. The normalized spacial score (nSPS) is 19.2. The third kappa shape index (κ3) is 2.23. The molecule has 1 fully saturated rings. The Bertz CT molecular complexity index is 666. The number of amides is 1. The molecule has 0 bridgehead atoms. The fourth-order valence-corrected chi connectivity index (χ4v) is 2.24. The van der Waals surface area contributed by atoms with Crippen LogP contribution in [0.1, 0.15) is 10.4 Å². The van der Waals surface area contributed by atoms with Crippen LogP contribution in [0, 0.1) is 0 Å². The van der Waals surface area contributed by atoms with Gasteiger partial charge in [-0.25, -0.2) is 4.79 Å². The molecule has 2 N–H and O–H groups in total. The quantitative estimate of drug-likeness (QED) is 0.831. The fraction of sp³-hybridized carbons (Fsp3) is 0.308. The number of fused-ring (bicyclic) bond motifs is 1. The van der Waals surface area contributed by atoms with E-state index in [4.69, 9.17) is 9.84 Å². The van der Waals surface area contributed by atoms with E-state index in [-0.39, 0.29) is 19.1 Å². The number of carbonyl (C=O) groups is 2. The molecule has 20 heavy (non-hydrogen) atoms. The molecule has 2 aromatic rings. The molecule has 1 aromatic carbocycles. The number of aliphatic carboxylic acids is 1. The standard InChI is InChI=1S/C13H13N3O4/c17-12(16-3-4-20-11(7-16)13(18)19)8-1-2-9-6-14-15-10(9)5-8/h1-2,5-6,11H,3-4,7H2,(H,14,15)(H,18,19). The van der Waals surface area contributed by atoms with Gasteiger partial charge in [-0.15, -0.1) is 0 Å². The highest BCUT2D eigenvalue weighted by Crippen LogP contribution is 2.16. The van der Waals surface area contributed by atoms with Gasteiger partial charge in [0.1, 0.15) is 0 Å². The molecule has 3 rings (SSSR count). The Morgan fingerprint density at radius 3 is 3.10 bits per heavy atom. The van der Waals surface area contributed by atoms with Crippen molar-refractivity contribution in [3.63, 3.8) is 0 Å². The molecular formula is C13H13N3O4. The number of nitrogens with one attached hydrogen (secondary N) is 1. The lowest BCUT2D eigenvalue weighted by molar-refractivity contribution is -0.154. The van der Waals surface area contributed by atoms with E-state index in [2.05, 4.69) is 10.2 Å². The van der Waals surface area contributed by atoms with Crippen LogP contribution in [0.5, 0.6) is 0 Å². The highest BCUT2D eigenvalue weighted by molar-refractivity contribution is 5.98. The van der Waals surface area contributed by atoms with Crippen molar-refractivity contribution < 1.29 is 19.4 Å². The average Bonchev–Trinajstić information content (AvgIpc) is 2.94. The van der Waals surface area contributed by atoms with E-state index in [1.807, 2.05) is 0 Å². The number of hydrogen-bond donors (Lipinski definition) is 2. The van der Waals surface area contributed by atoms with Crippen LogP contribution >= 0.6 is 0 Å². The number of nitrogens with zero attached hydrogens (tertiary/aromatic N) is 2. The van der Waals surface area contributed by atoms with Crippen LogP contribution in [0.4, 0.5) is 0 Å². The number of rotatable bonds is 2. The molecular weight excluding hydrogens is 262 g/mol. The number of aromatic nitrogens is 2. The zero-order valence-electron chi connectivity index (χ0n) is 10.6. The maximum Gasteiger partial charge on any atom is 0.334 e. The van der Waals surface area contributed by atoms with Gasteiger partial charge in [0.2, 0.25) is 0 Å². The summed E-state index contributed by atoms with van der Waals surface area (Å²) in [6.45, 7) is 0.688. The SMILES string of the molecule is O=C(O)C1CN(C(=O)c2ccc3cn[nH]c3c2)CCO1. The third-order valence-electron chi connectivity index (χ3n) is 3.32. The van der Waals surface area contributed by atoms with Crippen LogP contribution in [0.25, 0.3) is 10.9 Å². The Morgan fingerprint density at radius 1 is 1.45 bits per heavy atom. The summed E-state index contributed by atoms with van der Waals surface area (Å²) in [6, 6.07) is 5.24. The molecule has 1 amide bonds. The molecule has 0 radical (unpaired) electrons. The molecule has 1 saturated heterocycles. The number of morpholine rings is 1. The Kier molecular flexibility index (Phi) is 3.11. The molecule has 0 saturated carbocycles. The molecule has 0 aliphatic carbocycles. The number of carbonyl (C=O) groups excluding carboxylic acids is 1. The predicted molar refractivity (Wildman–Crippen MR) is 69.4 cm³/mol. The van der Waals surface area contributed by atoms with Crippen molar-refractivity contribution in [1.82, 2.24) is 15.1 Å². The van der Waals surface area contributed by atoms with Crippen molar-refractivity contribution in [2.24, 2.45) is 0 Å². The van der Waals surface area contributed by atoms with Crippen molar-refractivity contribution in [2.45, 2.75) is 6.10 Å². The molecule has 1 aliphatic rings. The van der Waals surface area contributed by atoms with Gasteiger partial charge in [0, 0.05) is 17.5 Å². The first-order chi connectivity index (χ1) is 9.65. The molecule has 1 atom stereocenters. The van der Waals surface area contributed by atoms with Crippen LogP contribution in [-0.4, -0.2) is 57.9 Å². The zero-order chi connectivity index (χ0) is 14.1. The topological polar surface area (TPSA) is 95.5 Å². The van der Waals surface area contributed by atoms with Gasteiger partial charge >= 0.3 is 5.97 Å². The van der Waals surface area contributed by atoms with Crippen molar-refractivity contribution in [3.05, 3.63) is 30.0 Å². The van der Waals surface area contributed by atoms with Gasteiger partial charge in [-0.05, 0) is 12.1 Å². The maximum atomic E-state index is 12.4. The number of H-pyrrole nitrogens is 1. The molecule has 1 aliphatic heterocycles. The van der Waals surface area contributed by atoms with Crippen LogP contribution < -0.4 is 0 Å². The second-order valence-electron chi connectivity index (χ2n) is 4.62. The van der Waals surface area contributed by atoms with Crippen molar-refractivity contribution in [1.29, 1.82) is 0 Å². The third-order valence-corrected chi connectivity index (χ3v) is 3.32. The lowest BCUT2D eigenvalue weighted by atomic mass is 10.1. The van der Waals surface area contributed by atoms with Crippen LogP contribution in [0.15, 0.2) is 24.4 Å². The maximum absolute atomic E-state index is 12.4. The second-order valence-corrected chi connectivity index (χ2v) is 4.62. The summed E-state index contributed by atoms with van der Waals surface area (Å²) < 4.78 is 5.10. The van der Waals surface area contributed by atoms with Gasteiger partial charge in [-0.2, -0.15) is 5.10 Å². The number of aromatic amines is 1. The van der Waals surface area contributed by atoms with Crippen LogP contribution in [0.3, 0.4) is 0 Å². The van der Waals surface area contributed by atoms with Crippen molar-refractivity contribution >= 4 is 22.8 Å². The number of ether oxygens (including phenoxy) is 1. The Balaban J connectivity index is 1.82. The Labute approximate surface area is 114 Å². The van der Waals surface area contributed by atoms with Gasteiger partial charge < -0.3 is 14.7 Å². The second kappa shape index (κ2) is 4.93. The van der Waals surface area contributed by atoms with Gasteiger partial charge in [0.05, 0.1) is 24.9 Å². The Hall–Kier alpha value is -2.41. The molecule has 1 unspecified atom stereocenters. The minimum atomic E-state index is -1.05. The first-order valence-corrected chi connectivity index (χ1v) is 6.22. The summed E-state index contributed by atoms with van der Waals surface area (Å²) in [7, 11) is 0. The van der Waals surface area contributed by atoms with E-state index in [0.717, 1.165) is 10.9 Å². The average molecular weight is 275 g/mol. The number of benzene rings is 1. The van der Waals surface area contributed by atoms with Crippen molar-refractivity contribution in [3.8, 4) is 0 Å². The van der Waals surface area contributed by atoms with E-state index in [1.54, 1.807) is 24.4 Å². The molecule has 7 heteroatoms. The van der Waals surface area contributed by atoms with Gasteiger partial charge in [0.25, 0.3) is 5.91 Å². The number of hydrogen-bond acceptors (Lipinski definition) is 4. The Morgan fingerprint density at radius 2 is 2.30 bits per heavy atom. The van der Waals surface area contributed by atoms with Crippen LogP contribution in [0.2, 0.25) is 0 Å². The summed E-state index contributed by atoms with van der Waals surface area (Å²) in [4.78, 5) is 24.8. The fourth-order valence-electron chi connectivity index (χ4n) is 2.24. The van der Waals surface area contributed by atoms with E-state index >= 15 is 0 Å². The largest absolute Gasteiger partial charge is 0.479 e. The van der Waals surface area contributed by atoms with E-state index in [9.17, 15) is 9.59 Å². The molecule has 2 heterocycles. The zero-order valence-corrected chi connectivity index (χ0v) is 10.6. The molecule has 7 nitrogen and oxygen atoms in total. The first-order valence-electron chi connectivity index (χ1n) is 6.22.